The molecule has 0 atom stereocenters. The zero-order chi connectivity index (χ0) is 16.3. The van der Waals surface area contributed by atoms with Gasteiger partial charge in [0.25, 0.3) is 0 Å². The predicted octanol–water partition coefficient (Wildman–Crippen LogP) is 0.202. The molecule has 0 radical (unpaired) electrons. The zero-order valence-corrected chi connectivity index (χ0v) is 12.6. The highest BCUT2D eigenvalue weighted by Gasteiger charge is 2.35. The number of benzene rings is 1. The first-order valence-corrected chi connectivity index (χ1v) is 7.84. The second-order valence-electron chi connectivity index (χ2n) is 5.24. The van der Waals surface area contributed by atoms with Crippen LogP contribution in [-0.2, 0) is 31.9 Å². The van der Waals surface area contributed by atoms with Crippen LogP contribution in [0.15, 0.2) is 24.3 Å². The lowest BCUT2D eigenvalue weighted by Gasteiger charge is -2.18. The lowest BCUT2D eigenvalue weighted by atomic mass is 9.92. The van der Waals surface area contributed by atoms with Gasteiger partial charge >= 0.3 is 5.97 Å². The maximum atomic E-state index is 11.7. The fraction of sp³-hybridized carbons (Fsp3) is 0.385. The molecule has 0 aliphatic rings. The standard InChI is InChI=1S/C13H18N2O5S/c1-13(2,12(17)18)11(16)15-7-9-3-5-10(6-4-9)8-21(14,19)20/h3-6H,7-8H2,1-2H3,(H,15,16)(H,17,18)(H2,14,19,20). The Bertz CT molecular complexity index is 635. The van der Waals surface area contributed by atoms with Gasteiger partial charge in [0.1, 0.15) is 5.41 Å². The summed E-state index contributed by atoms with van der Waals surface area (Å²) in [6.45, 7) is 2.80. The summed E-state index contributed by atoms with van der Waals surface area (Å²) in [5.74, 6) is -2.06. The maximum Gasteiger partial charge on any atom is 0.318 e. The summed E-state index contributed by atoms with van der Waals surface area (Å²) in [4.78, 5) is 22.7. The van der Waals surface area contributed by atoms with Crippen LogP contribution in [0.2, 0.25) is 0 Å². The SMILES string of the molecule is CC(C)(C(=O)O)C(=O)NCc1ccc(CS(N)(=O)=O)cc1. The fourth-order valence-corrected chi connectivity index (χ4v) is 2.14. The minimum absolute atomic E-state index is 0.158. The molecule has 0 saturated carbocycles. The van der Waals surface area contributed by atoms with Crippen molar-refractivity contribution < 1.29 is 23.1 Å². The van der Waals surface area contributed by atoms with Crippen molar-refractivity contribution in [2.75, 3.05) is 0 Å². The smallest absolute Gasteiger partial charge is 0.318 e. The molecule has 1 rings (SSSR count). The van der Waals surface area contributed by atoms with Crippen molar-refractivity contribution in [1.29, 1.82) is 0 Å². The van der Waals surface area contributed by atoms with Gasteiger partial charge in [-0.05, 0) is 25.0 Å². The number of carboxylic acid groups (broad SMARTS) is 1. The molecule has 0 fully saturated rings. The van der Waals surface area contributed by atoms with Gasteiger partial charge < -0.3 is 10.4 Å². The van der Waals surface area contributed by atoms with Gasteiger partial charge in [-0.3, -0.25) is 9.59 Å². The number of hydrogen-bond acceptors (Lipinski definition) is 4. The van der Waals surface area contributed by atoms with Crippen molar-refractivity contribution in [3.63, 3.8) is 0 Å². The maximum absolute atomic E-state index is 11.7. The molecule has 21 heavy (non-hydrogen) atoms. The Morgan fingerprint density at radius 2 is 1.67 bits per heavy atom. The third-order valence-corrected chi connectivity index (χ3v) is 3.68. The summed E-state index contributed by atoms with van der Waals surface area (Å²) in [5.41, 5.74) is -0.241. The Hall–Kier alpha value is -1.93. The first kappa shape index (κ1) is 17.1. The van der Waals surface area contributed by atoms with Gasteiger partial charge in [0.2, 0.25) is 15.9 Å². The number of carboxylic acids is 1. The number of primary sulfonamides is 1. The number of amides is 1. The molecule has 7 nitrogen and oxygen atoms in total. The van der Waals surface area contributed by atoms with E-state index in [4.69, 9.17) is 10.2 Å². The lowest BCUT2D eigenvalue weighted by Crippen LogP contribution is -2.41. The van der Waals surface area contributed by atoms with E-state index in [2.05, 4.69) is 5.32 Å². The molecule has 0 aliphatic heterocycles. The second kappa shape index (κ2) is 6.23. The minimum atomic E-state index is -3.58. The summed E-state index contributed by atoms with van der Waals surface area (Å²) in [5, 5.41) is 16.4. The highest BCUT2D eigenvalue weighted by atomic mass is 32.2. The van der Waals surface area contributed by atoms with E-state index in [9.17, 15) is 18.0 Å². The molecule has 4 N–H and O–H groups in total. The summed E-state index contributed by atoms with van der Waals surface area (Å²) < 4.78 is 21.9. The molecule has 1 amide bonds. The Morgan fingerprint density at radius 1 is 1.19 bits per heavy atom. The molecule has 0 spiro atoms. The van der Waals surface area contributed by atoms with E-state index >= 15 is 0 Å². The van der Waals surface area contributed by atoms with Gasteiger partial charge in [-0.25, -0.2) is 13.6 Å². The van der Waals surface area contributed by atoms with Gasteiger partial charge in [0.05, 0.1) is 5.75 Å². The summed E-state index contributed by atoms with van der Waals surface area (Å²) in [6.07, 6.45) is 0. The van der Waals surface area contributed by atoms with Crippen LogP contribution in [0.5, 0.6) is 0 Å². The molecule has 0 bridgehead atoms. The number of hydrogen-bond donors (Lipinski definition) is 3. The minimum Gasteiger partial charge on any atom is -0.480 e. The number of nitrogens with two attached hydrogens (primary N) is 1. The topological polar surface area (TPSA) is 127 Å². The Kier molecular flexibility index (Phi) is 5.08. The fourth-order valence-electron chi connectivity index (χ4n) is 1.49. The van der Waals surface area contributed by atoms with Gasteiger partial charge in [-0.1, -0.05) is 24.3 Å². The Labute approximate surface area is 123 Å². The third-order valence-electron chi connectivity index (χ3n) is 2.95. The van der Waals surface area contributed by atoms with Crippen LogP contribution < -0.4 is 10.5 Å². The van der Waals surface area contributed by atoms with E-state index < -0.39 is 27.3 Å². The average Bonchev–Trinajstić information content (AvgIpc) is 2.35. The highest BCUT2D eigenvalue weighted by molar-refractivity contribution is 7.88. The zero-order valence-electron chi connectivity index (χ0n) is 11.8. The van der Waals surface area contributed by atoms with Crippen molar-refractivity contribution >= 4 is 21.9 Å². The first-order chi connectivity index (χ1) is 9.52. The first-order valence-electron chi connectivity index (χ1n) is 6.12. The van der Waals surface area contributed by atoms with Crippen LogP contribution in [-0.4, -0.2) is 25.4 Å². The van der Waals surface area contributed by atoms with Crippen molar-refractivity contribution in [3.05, 3.63) is 35.4 Å². The molecule has 0 aliphatic carbocycles. The van der Waals surface area contributed by atoms with Crippen LogP contribution in [0.1, 0.15) is 25.0 Å². The lowest BCUT2D eigenvalue weighted by molar-refractivity contribution is -0.153. The van der Waals surface area contributed by atoms with E-state index in [1.807, 2.05) is 0 Å². The molecule has 1 aromatic carbocycles. The molecule has 0 heterocycles. The molecule has 0 unspecified atom stereocenters. The molecule has 0 saturated heterocycles. The summed E-state index contributed by atoms with van der Waals surface area (Å²) in [6, 6.07) is 6.48. The van der Waals surface area contributed by atoms with Gasteiger partial charge in [0.15, 0.2) is 0 Å². The van der Waals surface area contributed by atoms with E-state index in [1.54, 1.807) is 24.3 Å². The van der Waals surface area contributed by atoms with E-state index in [1.165, 1.54) is 13.8 Å². The van der Waals surface area contributed by atoms with Crippen molar-refractivity contribution in [2.45, 2.75) is 26.1 Å². The number of aliphatic carboxylic acids is 1. The summed E-state index contributed by atoms with van der Waals surface area (Å²) in [7, 11) is -3.58. The van der Waals surface area contributed by atoms with E-state index in [0.717, 1.165) is 5.56 Å². The normalized spacial score (nSPS) is 12.0. The molecule has 1 aromatic rings. The number of carbonyl (C=O) groups is 2. The largest absolute Gasteiger partial charge is 0.480 e. The van der Waals surface area contributed by atoms with Gasteiger partial charge in [0, 0.05) is 6.54 Å². The number of rotatable bonds is 6. The van der Waals surface area contributed by atoms with Crippen molar-refractivity contribution in [2.24, 2.45) is 10.6 Å². The van der Waals surface area contributed by atoms with Crippen molar-refractivity contribution in [1.82, 2.24) is 5.32 Å². The van der Waals surface area contributed by atoms with Gasteiger partial charge in [-0.2, -0.15) is 0 Å². The average molecular weight is 314 g/mol. The van der Waals surface area contributed by atoms with Crippen LogP contribution in [0.4, 0.5) is 0 Å². The molecule has 8 heteroatoms. The third kappa shape index (κ3) is 5.16. The predicted molar refractivity (Wildman–Crippen MR) is 76.5 cm³/mol. The number of carbonyl (C=O) groups excluding carboxylic acids is 1. The Morgan fingerprint density at radius 3 is 2.10 bits per heavy atom. The Balaban J connectivity index is 2.65. The molecular weight excluding hydrogens is 296 g/mol. The van der Waals surface area contributed by atoms with Crippen LogP contribution in [0, 0.1) is 5.41 Å². The molecular formula is C13H18N2O5S. The van der Waals surface area contributed by atoms with Crippen LogP contribution in [0.25, 0.3) is 0 Å². The molecule has 116 valence electrons. The molecule has 0 aromatic heterocycles. The second-order valence-corrected chi connectivity index (χ2v) is 6.85. The van der Waals surface area contributed by atoms with Gasteiger partial charge in [-0.15, -0.1) is 0 Å². The van der Waals surface area contributed by atoms with Crippen LogP contribution in [0.3, 0.4) is 0 Å². The highest BCUT2D eigenvalue weighted by Crippen LogP contribution is 2.15. The summed E-state index contributed by atoms with van der Waals surface area (Å²) >= 11 is 0. The van der Waals surface area contributed by atoms with Crippen molar-refractivity contribution in [3.8, 4) is 0 Å². The van der Waals surface area contributed by atoms with Crippen LogP contribution >= 0.6 is 0 Å². The number of sulfonamides is 1. The quantitative estimate of drug-likeness (QED) is 0.647. The monoisotopic (exact) mass is 314 g/mol. The van der Waals surface area contributed by atoms with E-state index in [-0.39, 0.29) is 12.3 Å². The number of nitrogens with one attached hydrogen (secondary N) is 1. The van der Waals surface area contributed by atoms with E-state index in [0.29, 0.717) is 5.56 Å².